The summed E-state index contributed by atoms with van der Waals surface area (Å²) in [6.45, 7) is 0. The maximum Gasteiger partial charge on any atom is 0.324 e. The van der Waals surface area contributed by atoms with Crippen molar-refractivity contribution >= 4 is 39.9 Å². The van der Waals surface area contributed by atoms with Crippen LogP contribution in [-0.4, -0.2) is 11.0 Å². The number of pyridine rings is 1. The van der Waals surface area contributed by atoms with E-state index < -0.39 is 23.2 Å². The van der Waals surface area contributed by atoms with E-state index in [1.807, 2.05) is 30.3 Å². The molecule has 0 saturated carbocycles. The first kappa shape index (κ1) is 19.6. The normalized spacial score (nSPS) is 10.8. The van der Waals surface area contributed by atoms with Crippen LogP contribution in [0.2, 0.25) is 5.02 Å². The molecule has 4 aromatic rings. The number of hydrogen-bond donors (Lipinski definition) is 3. The van der Waals surface area contributed by atoms with E-state index >= 15 is 0 Å². The monoisotopic (exact) mass is 425 g/mol. The third-order valence-electron chi connectivity index (χ3n) is 4.46. The van der Waals surface area contributed by atoms with Gasteiger partial charge in [0.15, 0.2) is 0 Å². The van der Waals surface area contributed by atoms with E-state index in [0.29, 0.717) is 27.4 Å². The van der Waals surface area contributed by atoms with Crippen LogP contribution in [0.15, 0.2) is 71.5 Å². The molecule has 0 spiro atoms. The van der Waals surface area contributed by atoms with E-state index in [1.54, 1.807) is 18.2 Å². The molecule has 0 fully saturated rings. The molecule has 1 heterocycles. The third kappa shape index (κ3) is 3.88. The number of nitrogens with one attached hydrogen (secondary N) is 3. The Morgan fingerprint density at radius 2 is 1.67 bits per heavy atom. The lowest BCUT2D eigenvalue weighted by molar-refractivity contribution is 0.262. The molecule has 0 saturated heterocycles. The van der Waals surface area contributed by atoms with E-state index in [2.05, 4.69) is 15.6 Å². The van der Waals surface area contributed by atoms with Crippen LogP contribution in [0.4, 0.5) is 25.1 Å². The smallest absolute Gasteiger partial charge is 0.307 e. The second-order valence-corrected chi connectivity index (χ2v) is 6.90. The standard InChI is InChI=1S/C22H14ClF2N3O2/c23-13-6-8-15-16(10-13)19(12-4-2-1-3-5-12)20(27-21(15)29)28-22(30)26-18-9-7-14(24)11-17(18)25/h1-11H,(H3,26,27,28,29,30). The van der Waals surface area contributed by atoms with Crippen molar-refractivity contribution in [2.24, 2.45) is 0 Å². The second-order valence-electron chi connectivity index (χ2n) is 6.46. The minimum absolute atomic E-state index is 0.112. The summed E-state index contributed by atoms with van der Waals surface area (Å²) in [5.41, 5.74) is 0.637. The predicted octanol–water partition coefficient (Wildman–Crippen LogP) is 5.77. The van der Waals surface area contributed by atoms with Gasteiger partial charge in [-0.25, -0.2) is 13.6 Å². The van der Waals surface area contributed by atoms with E-state index in [-0.39, 0.29) is 11.5 Å². The van der Waals surface area contributed by atoms with Crippen LogP contribution in [0.1, 0.15) is 0 Å². The van der Waals surface area contributed by atoms with Crippen molar-refractivity contribution in [2.45, 2.75) is 0 Å². The summed E-state index contributed by atoms with van der Waals surface area (Å²) < 4.78 is 26.9. The lowest BCUT2D eigenvalue weighted by Crippen LogP contribution is -2.23. The fourth-order valence-corrected chi connectivity index (χ4v) is 3.33. The Labute approximate surface area is 174 Å². The van der Waals surface area contributed by atoms with Gasteiger partial charge in [0, 0.05) is 27.4 Å². The van der Waals surface area contributed by atoms with Crippen LogP contribution < -0.4 is 16.2 Å². The van der Waals surface area contributed by atoms with Gasteiger partial charge in [-0.1, -0.05) is 41.9 Å². The highest BCUT2D eigenvalue weighted by molar-refractivity contribution is 6.31. The molecule has 0 bridgehead atoms. The number of fused-ring (bicyclic) bond motifs is 1. The summed E-state index contributed by atoms with van der Waals surface area (Å²) in [7, 11) is 0. The minimum Gasteiger partial charge on any atom is -0.307 e. The molecule has 3 aromatic carbocycles. The summed E-state index contributed by atoms with van der Waals surface area (Å²) in [4.78, 5) is 27.7. The number of urea groups is 1. The molecule has 4 rings (SSSR count). The fraction of sp³-hybridized carbons (Fsp3) is 0. The maximum atomic E-state index is 13.9. The first-order valence-electron chi connectivity index (χ1n) is 8.86. The predicted molar refractivity (Wildman–Crippen MR) is 114 cm³/mol. The minimum atomic E-state index is -0.924. The number of carbonyl (C=O) groups is 1. The molecule has 8 heteroatoms. The zero-order valence-corrected chi connectivity index (χ0v) is 16.1. The van der Waals surface area contributed by atoms with Gasteiger partial charge in [-0.2, -0.15) is 0 Å². The molecule has 0 atom stereocenters. The first-order valence-corrected chi connectivity index (χ1v) is 9.24. The topological polar surface area (TPSA) is 74.0 Å². The fourth-order valence-electron chi connectivity index (χ4n) is 3.16. The lowest BCUT2D eigenvalue weighted by Gasteiger charge is -2.15. The zero-order valence-electron chi connectivity index (χ0n) is 15.3. The van der Waals surface area contributed by atoms with Crippen molar-refractivity contribution in [3.8, 4) is 11.1 Å². The van der Waals surface area contributed by atoms with Gasteiger partial charge in [-0.05, 0) is 35.9 Å². The van der Waals surface area contributed by atoms with Crippen LogP contribution in [-0.2, 0) is 0 Å². The molecular formula is C22H14ClF2N3O2. The molecule has 0 radical (unpaired) electrons. The van der Waals surface area contributed by atoms with Crippen molar-refractivity contribution < 1.29 is 13.6 Å². The van der Waals surface area contributed by atoms with Crippen molar-refractivity contribution in [1.29, 1.82) is 0 Å². The Bertz CT molecular complexity index is 1320. The average molecular weight is 426 g/mol. The van der Waals surface area contributed by atoms with Gasteiger partial charge in [0.1, 0.15) is 17.5 Å². The van der Waals surface area contributed by atoms with Gasteiger partial charge >= 0.3 is 6.03 Å². The number of amides is 2. The van der Waals surface area contributed by atoms with Gasteiger partial charge in [-0.15, -0.1) is 0 Å². The Morgan fingerprint density at radius 1 is 0.900 bits per heavy atom. The Kier molecular flexibility index (Phi) is 5.20. The van der Waals surface area contributed by atoms with Crippen LogP contribution in [0, 0.1) is 11.6 Å². The number of anilines is 2. The Morgan fingerprint density at radius 3 is 2.40 bits per heavy atom. The highest BCUT2D eigenvalue weighted by Crippen LogP contribution is 2.34. The van der Waals surface area contributed by atoms with Crippen LogP contribution in [0.5, 0.6) is 0 Å². The summed E-state index contributed by atoms with van der Waals surface area (Å²) in [6, 6.07) is 15.9. The van der Waals surface area contributed by atoms with Gasteiger partial charge in [0.05, 0.1) is 5.69 Å². The summed E-state index contributed by atoms with van der Waals surface area (Å²) >= 11 is 6.14. The number of halogens is 3. The van der Waals surface area contributed by atoms with Gasteiger partial charge < -0.3 is 10.3 Å². The third-order valence-corrected chi connectivity index (χ3v) is 4.70. The Hall–Kier alpha value is -3.71. The molecular weight excluding hydrogens is 412 g/mol. The number of rotatable bonds is 3. The van der Waals surface area contributed by atoms with Gasteiger partial charge in [0.2, 0.25) is 0 Å². The molecule has 1 aromatic heterocycles. The van der Waals surface area contributed by atoms with Crippen LogP contribution >= 0.6 is 11.6 Å². The SMILES string of the molecule is O=C(Nc1ccc(F)cc1F)Nc1[nH]c(=O)c2ccc(Cl)cc2c1-c1ccccc1. The van der Waals surface area contributed by atoms with Gasteiger partial charge in [0.25, 0.3) is 5.56 Å². The van der Waals surface area contributed by atoms with Crippen molar-refractivity contribution in [3.05, 3.63) is 93.7 Å². The number of aromatic nitrogens is 1. The highest BCUT2D eigenvalue weighted by Gasteiger charge is 2.17. The summed E-state index contributed by atoms with van der Waals surface area (Å²) in [5, 5.41) is 6.21. The van der Waals surface area contributed by atoms with Crippen LogP contribution in [0.3, 0.4) is 0 Å². The molecule has 0 aliphatic heterocycles. The number of H-pyrrole nitrogens is 1. The number of aromatic amines is 1. The average Bonchev–Trinajstić information content (AvgIpc) is 2.71. The Balaban J connectivity index is 1.80. The van der Waals surface area contributed by atoms with E-state index in [9.17, 15) is 18.4 Å². The van der Waals surface area contributed by atoms with Gasteiger partial charge in [-0.3, -0.25) is 10.1 Å². The van der Waals surface area contributed by atoms with E-state index in [1.165, 1.54) is 0 Å². The van der Waals surface area contributed by atoms with Crippen LogP contribution in [0.25, 0.3) is 21.9 Å². The number of hydrogen-bond acceptors (Lipinski definition) is 2. The summed E-state index contributed by atoms with van der Waals surface area (Å²) in [6.07, 6.45) is 0. The molecule has 0 unspecified atom stereocenters. The molecule has 30 heavy (non-hydrogen) atoms. The number of carbonyl (C=O) groups excluding carboxylic acids is 1. The lowest BCUT2D eigenvalue weighted by atomic mass is 9.99. The highest BCUT2D eigenvalue weighted by atomic mass is 35.5. The summed E-state index contributed by atoms with van der Waals surface area (Å²) in [5.74, 6) is -1.58. The molecule has 150 valence electrons. The van der Waals surface area contributed by atoms with E-state index in [0.717, 1.165) is 17.7 Å². The number of benzene rings is 3. The van der Waals surface area contributed by atoms with E-state index in [4.69, 9.17) is 11.6 Å². The quantitative estimate of drug-likeness (QED) is 0.390. The largest absolute Gasteiger partial charge is 0.324 e. The van der Waals surface area contributed by atoms with Crippen molar-refractivity contribution in [3.63, 3.8) is 0 Å². The van der Waals surface area contributed by atoms with Crippen molar-refractivity contribution in [2.75, 3.05) is 10.6 Å². The first-order chi connectivity index (χ1) is 14.4. The molecule has 3 N–H and O–H groups in total. The molecule has 0 aliphatic rings. The molecule has 2 amide bonds. The second kappa shape index (κ2) is 7.96. The molecule has 0 aliphatic carbocycles. The van der Waals surface area contributed by atoms with Crippen molar-refractivity contribution in [1.82, 2.24) is 4.98 Å². The molecule has 5 nitrogen and oxygen atoms in total. The zero-order chi connectivity index (χ0) is 21.3. The maximum absolute atomic E-state index is 13.9.